The summed E-state index contributed by atoms with van der Waals surface area (Å²) in [5.74, 6) is 0. The topological polar surface area (TPSA) is 3.24 Å². The maximum atomic E-state index is 12.2. The van der Waals surface area contributed by atoms with Gasteiger partial charge in [0.1, 0.15) is 6.17 Å². The monoisotopic (exact) mass is 115 g/mol. The van der Waals surface area contributed by atoms with Crippen LogP contribution in [0.5, 0.6) is 0 Å². The van der Waals surface area contributed by atoms with E-state index in [0.29, 0.717) is 6.42 Å². The van der Waals surface area contributed by atoms with Crippen LogP contribution in [0.25, 0.3) is 0 Å². The van der Waals surface area contributed by atoms with Crippen molar-refractivity contribution in [2.75, 3.05) is 13.6 Å². The van der Waals surface area contributed by atoms with Crippen molar-refractivity contribution < 1.29 is 4.39 Å². The Morgan fingerprint density at radius 2 is 2.50 bits per heavy atom. The van der Waals surface area contributed by atoms with Crippen LogP contribution in [0.2, 0.25) is 0 Å². The van der Waals surface area contributed by atoms with Crippen LogP contribution < -0.4 is 0 Å². The molecule has 1 atom stereocenters. The number of nitrogens with zero attached hydrogens (tertiary/aromatic N) is 1. The Bertz CT molecular complexity index is 88.7. The van der Waals surface area contributed by atoms with Gasteiger partial charge in [0.2, 0.25) is 0 Å². The molecule has 2 heteroatoms. The molecule has 1 unspecified atom stereocenters. The van der Waals surface area contributed by atoms with Gasteiger partial charge in [-0.15, -0.1) is 0 Å². The molecule has 46 valence electrons. The molecule has 0 N–H and O–H groups in total. The minimum Gasteiger partial charge on any atom is -0.380 e. The highest BCUT2D eigenvalue weighted by Gasteiger charge is 2.06. The first kappa shape index (κ1) is 5.60. The van der Waals surface area contributed by atoms with Gasteiger partial charge in [-0.2, -0.15) is 0 Å². The van der Waals surface area contributed by atoms with E-state index in [1.165, 1.54) is 0 Å². The first-order valence-electron chi connectivity index (χ1n) is 2.81. The third-order valence-corrected chi connectivity index (χ3v) is 1.31. The minimum absolute atomic E-state index is 0.646. The second-order valence-electron chi connectivity index (χ2n) is 2.13. The van der Waals surface area contributed by atoms with E-state index in [1.54, 1.807) is 12.3 Å². The number of alkyl halides is 1. The van der Waals surface area contributed by atoms with E-state index in [0.717, 1.165) is 6.54 Å². The summed E-state index contributed by atoms with van der Waals surface area (Å²) >= 11 is 0. The lowest BCUT2D eigenvalue weighted by atomic mass is 10.2. The van der Waals surface area contributed by atoms with Crippen molar-refractivity contribution in [2.45, 2.75) is 12.6 Å². The van der Waals surface area contributed by atoms with Crippen molar-refractivity contribution in [3.8, 4) is 0 Å². The van der Waals surface area contributed by atoms with Crippen molar-refractivity contribution in [3.05, 3.63) is 12.3 Å². The molecular weight excluding hydrogens is 105 g/mol. The highest BCUT2D eigenvalue weighted by atomic mass is 19.1. The van der Waals surface area contributed by atoms with Gasteiger partial charge in [-0.05, 0) is 18.7 Å². The van der Waals surface area contributed by atoms with Gasteiger partial charge >= 0.3 is 0 Å². The maximum Gasteiger partial charge on any atom is 0.122 e. The molecule has 1 aliphatic heterocycles. The fourth-order valence-corrected chi connectivity index (χ4v) is 0.738. The van der Waals surface area contributed by atoms with E-state index in [-0.39, 0.29) is 0 Å². The van der Waals surface area contributed by atoms with Gasteiger partial charge in [0.05, 0.1) is 0 Å². The molecule has 0 spiro atoms. The molecule has 0 aromatic rings. The van der Waals surface area contributed by atoms with Crippen molar-refractivity contribution >= 4 is 0 Å². The first-order chi connectivity index (χ1) is 3.79. The predicted molar refractivity (Wildman–Crippen MR) is 31.3 cm³/mol. The zero-order chi connectivity index (χ0) is 5.98. The van der Waals surface area contributed by atoms with E-state index in [4.69, 9.17) is 0 Å². The van der Waals surface area contributed by atoms with Crippen molar-refractivity contribution in [1.29, 1.82) is 0 Å². The summed E-state index contributed by atoms with van der Waals surface area (Å²) in [6, 6.07) is 0. The normalized spacial score (nSPS) is 28.8. The SMILES string of the molecule is CN1C=CC(F)CC1. The quantitative estimate of drug-likeness (QED) is 0.458. The summed E-state index contributed by atoms with van der Waals surface area (Å²) in [4.78, 5) is 1.98. The molecule has 8 heavy (non-hydrogen) atoms. The van der Waals surface area contributed by atoms with Crippen LogP contribution in [0.15, 0.2) is 12.3 Å². The van der Waals surface area contributed by atoms with Crippen LogP contribution in [-0.4, -0.2) is 24.7 Å². The molecule has 0 amide bonds. The van der Waals surface area contributed by atoms with Crippen molar-refractivity contribution in [1.82, 2.24) is 4.90 Å². The molecule has 1 aliphatic rings. The molecule has 0 fully saturated rings. The van der Waals surface area contributed by atoms with Gasteiger partial charge in [0.15, 0.2) is 0 Å². The molecule has 1 nitrogen and oxygen atoms in total. The Kier molecular flexibility index (Phi) is 1.51. The first-order valence-corrected chi connectivity index (χ1v) is 2.81. The zero-order valence-electron chi connectivity index (χ0n) is 4.97. The van der Waals surface area contributed by atoms with E-state index in [1.807, 2.05) is 11.9 Å². The molecule has 1 heterocycles. The summed E-state index contributed by atoms with van der Waals surface area (Å²) in [6.07, 6.45) is 3.32. The van der Waals surface area contributed by atoms with E-state index < -0.39 is 6.17 Å². The lowest BCUT2D eigenvalue weighted by molar-refractivity contribution is 0.304. The van der Waals surface area contributed by atoms with E-state index in [2.05, 4.69) is 0 Å². The third kappa shape index (κ3) is 1.22. The number of rotatable bonds is 0. The van der Waals surface area contributed by atoms with Crippen LogP contribution in [0.4, 0.5) is 4.39 Å². The molecule has 0 radical (unpaired) electrons. The second kappa shape index (κ2) is 2.16. The second-order valence-corrected chi connectivity index (χ2v) is 2.13. The fourth-order valence-electron chi connectivity index (χ4n) is 0.738. The van der Waals surface area contributed by atoms with Crippen molar-refractivity contribution in [3.63, 3.8) is 0 Å². The van der Waals surface area contributed by atoms with Crippen LogP contribution in [0.3, 0.4) is 0 Å². The minimum atomic E-state index is -0.703. The highest BCUT2D eigenvalue weighted by molar-refractivity contribution is 4.92. The molecule has 0 aromatic carbocycles. The summed E-state index contributed by atoms with van der Waals surface area (Å²) in [6.45, 7) is 0.845. The number of allylic oxidation sites excluding steroid dienone is 1. The van der Waals surface area contributed by atoms with Crippen LogP contribution in [0.1, 0.15) is 6.42 Å². The van der Waals surface area contributed by atoms with Crippen LogP contribution in [0, 0.1) is 0 Å². The van der Waals surface area contributed by atoms with Gasteiger partial charge in [0, 0.05) is 13.6 Å². The largest absolute Gasteiger partial charge is 0.380 e. The number of hydrogen-bond acceptors (Lipinski definition) is 1. The maximum absolute atomic E-state index is 12.2. The summed E-state index contributed by atoms with van der Waals surface area (Å²) in [5.41, 5.74) is 0. The molecule has 0 saturated heterocycles. The molecule has 0 bridgehead atoms. The van der Waals surface area contributed by atoms with E-state index in [9.17, 15) is 4.39 Å². The molecule has 0 saturated carbocycles. The predicted octanol–water partition coefficient (Wildman–Crippen LogP) is 1.17. The Labute approximate surface area is 48.8 Å². The third-order valence-electron chi connectivity index (χ3n) is 1.31. The van der Waals surface area contributed by atoms with E-state index >= 15 is 0 Å². The molecular formula is C6H10FN. The van der Waals surface area contributed by atoms with Gasteiger partial charge in [-0.3, -0.25) is 0 Å². The zero-order valence-corrected chi connectivity index (χ0v) is 4.97. The van der Waals surface area contributed by atoms with Gasteiger partial charge in [-0.25, -0.2) is 4.39 Å². The Hall–Kier alpha value is -0.530. The van der Waals surface area contributed by atoms with Gasteiger partial charge < -0.3 is 4.90 Å². The smallest absolute Gasteiger partial charge is 0.122 e. The van der Waals surface area contributed by atoms with Gasteiger partial charge in [0.25, 0.3) is 0 Å². The Morgan fingerprint density at radius 1 is 1.75 bits per heavy atom. The molecule has 0 aliphatic carbocycles. The average Bonchev–Trinajstić information content (AvgIpc) is 1.77. The lowest BCUT2D eigenvalue weighted by Gasteiger charge is -2.19. The van der Waals surface area contributed by atoms with Crippen LogP contribution >= 0.6 is 0 Å². The lowest BCUT2D eigenvalue weighted by Crippen LogP contribution is -2.20. The standard InChI is InChI=1S/C6H10FN/c1-8-4-2-6(7)3-5-8/h2,4,6H,3,5H2,1H3. The number of halogens is 1. The van der Waals surface area contributed by atoms with Crippen molar-refractivity contribution in [2.24, 2.45) is 0 Å². The molecule has 0 aromatic heterocycles. The van der Waals surface area contributed by atoms with Gasteiger partial charge in [-0.1, -0.05) is 0 Å². The number of hydrogen-bond donors (Lipinski definition) is 0. The summed E-state index contributed by atoms with van der Waals surface area (Å²) in [7, 11) is 1.95. The fraction of sp³-hybridized carbons (Fsp3) is 0.667. The van der Waals surface area contributed by atoms with Crippen LogP contribution in [-0.2, 0) is 0 Å². The molecule has 1 rings (SSSR count). The average molecular weight is 115 g/mol. The Morgan fingerprint density at radius 3 is 2.88 bits per heavy atom. The summed E-state index contributed by atoms with van der Waals surface area (Å²) in [5, 5.41) is 0. The Balaban J connectivity index is 2.42. The highest BCUT2D eigenvalue weighted by Crippen LogP contribution is 2.06. The summed E-state index contributed by atoms with van der Waals surface area (Å²) < 4.78 is 12.2.